The molecule has 0 radical (unpaired) electrons. The van der Waals surface area contributed by atoms with E-state index in [0.717, 1.165) is 5.56 Å². The Morgan fingerprint density at radius 1 is 1.32 bits per heavy atom. The Kier molecular flexibility index (Phi) is 5.50. The number of hydrogen-bond acceptors (Lipinski definition) is 4. The molecule has 1 N–H and O–H groups in total. The number of rotatable bonds is 6. The Morgan fingerprint density at radius 3 is 2.73 bits per heavy atom. The molecule has 2 aromatic rings. The number of aromatic nitrogens is 1. The minimum atomic E-state index is -0.767. The molecule has 112 valence electrons. The van der Waals surface area contributed by atoms with Gasteiger partial charge in [0.25, 0.3) is 0 Å². The number of nitrogens with zero attached hydrogens (tertiary/aromatic N) is 2. The van der Waals surface area contributed by atoms with E-state index in [0.29, 0.717) is 24.5 Å². The molecular formula is C17H17N3O2. The van der Waals surface area contributed by atoms with E-state index in [1.54, 1.807) is 36.7 Å². The second-order valence-electron chi connectivity index (χ2n) is 4.66. The highest BCUT2D eigenvalue weighted by atomic mass is 16.5. The van der Waals surface area contributed by atoms with Crippen molar-refractivity contribution in [3.05, 3.63) is 54.4 Å². The summed E-state index contributed by atoms with van der Waals surface area (Å²) in [7, 11) is 0. The van der Waals surface area contributed by atoms with Crippen LogP contribution < -0.4 is 10.1 Å². The molecule has 0 aliphatic rings. The summed E-state index contributed by atoms with van der Waals surface area (Å²) in [4.78, 5) is 16.2. The highest BCUT2D eigenvalue weighted by Gasteiger charge is 2.19. The van der Waals surface area contributed by atoms with Crippen molar-refractivity contribution in [1.29, 1.82) is 5.26 Å². The smallest absolute Gasteiger partial charge is 0.242 e. The van der Waals surface area contributed by atoms with Crippen LogP contribution in [0.5, 0.6) is 5.75 Å². The molecule has 1 unspecified atom stereocenters. The first-order valence-corrected chi connectivity index (χ1v) is 7.05. The third kappa shape index (κ3) is 4.06. The number of carbonyl (C=O) groups excluding carboxylic acids is 1. The van der Waals surface area contributed by atoms with Crippen LogP contribution in [0, 0.1) is 17.2 Å². The number of carbonyl (C=O) groups is 1. The monoisotopic (exact) mass is 295 g/mol. The molecule has 5 nitrogen and oxygen atoms in total. The molecular weight excluding hydrogens is 278 g/mol. The van der Waals surface area contributed by atoms with Gasteiger partial charge in [0.1, 0.15) is 11.7 Å². The van der Waals surface area contributed by atoms with Crippen molar-refractivity contribution in [2.45, 2.75) is 13.3 Å². The molecule has 22 heavy (non-hydrogen) atoms. The number of benzene rings is 1. The van der Waals surface area contributed by atoms with Gasteiger partial charge in [-0.2, -0.15) is 5.26 Å². The van der Waals surface area contributed by atoms with Crippen LogP contribution in [0.2, 0.25) is 0 Å². The quantitative estimate of drug-likeness (QED) is 0.889. The van der Waals surface area contributed by atoms with Crippen LogP contribution in [0.25, 0.3) is 0 Å². The number of para-hydroxylation sites is 2. The Labute approximate surface area is 129 Å². The zero-order chi connectivity index (χ0) is 15.8. The van der Waals surface area contributed by atoms with Gasteiger partial charge in [0.15, 0.2) is 0 Å². The van der Waals surface area contributed by atoms with Gasteiger partial charge in [-0.15, -0.1) is 0 Å². The van der Waals surface area contributed by atoms with Crippen LogP contribution in [-0.2, 0) is 11.2 Å². The van der Waals surface area contributed by atoms with E-state index in [1.807, 2.05) is 25.1 Å². The number of nitrogens with one attached hydrogen (secondary N) is 1. The molecule has 0 aliphatic carbocycles. The van der Waals surface area contributed by atoms with E-state index in [2.05, 4.69) is 10.3 Å². The summed E-state index contributed by atoms with van der Waals surface area (Å²) < 4.78 is 5.46. The number of hydrogen-bond donors (Lipinski definition) is 1. The summed E-state index contributed by atoms with van der Waals surface area (Å²) in [6.45, 7) is 2.38. The van der Waals surface area contributed by atoms with Crippen molar-refractivity contribution in [1.82, 2.24) is 4.98 Å². The molecule has 5 heteroatoms. The first-order valence-electron chi connectivity index (χ1n) is 7.05. The highest BCUT2D eigenvalue weighted by molar-refractivity contribution is 5.95. The second-order valence-corrected chi connectivity index (χ2v) is 4.66. The second kappa shape index (κ2) is 7.79. The van der Waals surface area contributed by atoms with Gasteiger partial charge < -0.3 is 10.1 Å². The molecule has 0 spiro atoms. The summed E-state index contributed by atoms with van der Waals surface area (Å²) in [6, 6.07) is 12.8. The van der Waals surface area contributed by atoms with Gasteiger partial charge >= 0.3 is 0 Å². The summed E-state index contributed by atoms with van der Waals surface area (Å²) >= 11 is 0. The summed E-state index contributed by atoms with van der Waals surface area (Å²) in [5, 5.41) is 12.0. The van der Waals surface area contributed by atoms with Crippen LogP contribution in [-0.4, -0.2) is 17.5 Å². The molecule has 0 bridgehead atoms. The number of anilines is 1. The molecule has 1 aromatic carbocycles. The van der Waals surface area contributed by atoms with Crippen molar-refractivity contribution in [3.8, 4) is 11.8 Å². The minimum absolute atomic E-state index is 0.341. The molecule has 0 saturated heterocycles. The number of ether oxygens (including phenoxy) is 1. The lowest BCUT2D eigenvalue weighted by Gasteiger charge is -2.13. The average Bonchev–Trinajstić information content (AvgIpc) is 2.55. The highest BCUT2D eigenvalue weighted by Crippen LogP contribution is 2.24. The maximum atomic E-state index is 12.3. The molecule has 2 rings (SSSR count). The lowest BCUT2D eigenvalue weighted by atomic mass is 10.0. The third-order valence-corrected chi connectivity index (χ3v) is 3.11. The maximum absolute atomic E-state index is 12.3. The van der Waals surface area contributed by atoms with Gasteiger partial charge in [-0.25, -0.2) is 0 Å². The van der Waals surface area contributed by atoms with Crippen molar-refractivity contribution in [2.75, 3.05) is 11.9 Å². The molecule has 0 aliphatic heterocycles. The van der Waals surface area contributed by atoms with Gasteiger partial charge in [-0.1, -0.05) is 12.1 Å². The standard InChI is InChI=1S/C17H17N3O2/c1-2-22-16-6-4-3-5-15(16)20-17(21)14(12-18)11-13-7-9-19-10-8-13/h3-10,14H,2,11H2,1H3,(H,20,21). The van der Waals surface area contributed by atoms with Gasteiger partial charge in [-0.3, -0.25) is 9.78 Å². The average molecular weight is 295 g/mol. The fraction of sp³-hybridized carbons (Fsp3) is 0.235. The van der Waals surface area contributed by atoms with E-state index in [4.69, 9.17) is 4.74 Å². The molecule has 1 aromatic heterocycles. The number of amides is 1. The Balaban J connectivity index is 2.08. The Hall–Kier alpha value is -2.87. The van der Waals surface area contributed by atoms with E-state index in [-0.39, 0.29) is 5.91 Å². The first-order chi connectivity index (χ1) is 10.7. The first kappa shape index (κ1) is 15.5. The molecule has 1 heterocycles. The van der Waals surface area contributed by atoms with Crippen molar-refractivity contribution in [2.24, 2.45) is 5.92 Å². The predicted molar refractivity (Wildman–Crippen MR) is 83.3 cm³/mol. The lowest BCUT2D eigenvalue weighted by molar-refractivity contribution is -0.118. The minimum Gasteiger partial charge on any atom is -0.492 e. The zero-order valence-corrected chi connectivity index (χ0v) is 12.3. The van der Waals surface area contributed by atoms with Gasteiger partial charge in [0.05, 0.1) is 18.4 Å². The van der Waals surface area contributed by atoms with Gasteiger partial charge in [0, 0.05) is 12.4 Å². The lowest BCUT2D eigenvalue weighted by Crippen LogP contribution is -2.23. The Morgan fingerprint density at radius 2 is 2.05 bits per heavy atom. The number of pyridine rings is 1. The number of nitriles is 1. The largest absolute Gasteiger partial charge is 0.492 e. The van der Waals surface area contributed by atoms with E-state index < -0.39 is 5.92 Å². The molecule has 1 atom stereocenters. The van der Waals surface area contributed by atoms with Crippen molar-refractivity contribution in [3.63, 3.8) is 0 Å². The summed E-state index contributed by atoms with van der Waals surface area (Å²) in [5.41, 5.74) is 1.47. The fourth-order valence-corrected chi connectivity index (χ4v) is 2.02. The van der Waals surface area contributed by atoms with Crippen LogP contribution >= 0.6 is 0 Å². The summed E-state index contributed by atoms with van der Waals surface area (Å²) in [6.07, 6.45) is 3.64. The van der Waals surface area contributed by atoms with E-state index in [9.17, 15) is 10.1 Å². The summed E-state index contributed by atoms with van der Waals surface area (Å²) in [5.74, 6) is -0.512. The van der Waals surface area contributed by atoms with Crippen LogP contribution in [0.1, 0.15) is 12.5 Å². The predicted octanol–water partition coefficient (Wildman–Crippen LogP) is 2.80. The third-order valence-electron chi connectivity index (χ3n) is 3.11. The van der Waals surface area contributed by atoms with Gasteiger partial charge in [-0.05, 0) is 43.2 Å². The van der Waals surface area contributed by atoms with Crippen molar-refractivity contribution >= 4 is 11.6 Å². The Bertz CT molecular complexity index is 665. The van der Waals surface area contributed by atoms with E-state index in [1.165, 1.54) is 0 Å². The molecule has 0 fully saturated rings. The van der Waals surface area contributed by atoms with Crippen LogP contribution in [0.15, 0.2) is 48.8 Å². The molecule has 0 saturated carbocycles. The van der Waals surface area contributed by atoms with Crippen molar-refractivity contribution < 1.29 is 9.53 Å². The topological polar surface area (TPSA) is 75.0 Å². The maximum Gasteiger partial charge on any atom is 0.242 e. The van der Waals surface area contributed by atoms with Crippen LogP contribution in [0.3, 0.4) is 0 Å². The zero-order valence-electron chi connectivity index (χ0n) is 12.3. The fourth-order valence-electron chi connectivity index (χ4n) is 2.02. The van der Waals surface area contributed by atoms with Gasteiger partial charge in [0.2, 0.25) is 5.91 Å². The SMILES string of the molecule is CCOc1ccccc1NC(=O)C(C#N)Cc1ccncc1. The van der Waals surface area contributed by atoms with E-state index >= 15 is 0 Å². The molecule has 1 amide bonds. The normalized spacial score (nSPS) is 11.3. The van der Waals surface area contributed by atoms with Crippen LogP contribution in [0.4, 0.5) is 5.69 Å².